The highest BCUT2D eigenvalue weighted by Crippen LogP contribution is 2.16. The molecule has 0 saturated carbocycles. The molecule has 0 aromatic carbocycles. The van der Waals surface area contributed by atoms with Crippen molar-refractivity contribution < 1.29 is 28.6 Å². The maximum absolute atomic E-state index is 12.9. The molecule has 0 N–H and O–H groups in total. The number of allylic oxidation sites excluding steroid dienone is 20. The molecule has 0 aromatic heterocycles. The second-order valence-corrected chi connectivity index (χ2v) is 22.7. The summed E-state index contributed by atoms with van der Waals surface area (Å²) in [5.74, 6) is -0.919. The average molecular weight is 1140 g/mol. The van der Waals surface area contributed by atoms with Crippen LogP contribution in [0.1, 0.15) is 323 Å². The Kier molecular flexibility index (Phi) is 65.8. The van der Waals surface area contributed by atoms with Gasteiger partial charge >= 0.3 is 17.9 Å². The molecule has 468 valence electrons. The van der Waals surface area contributed by atoms with Crippen molar-refractivity contribution in [3.8, 4) is 0 Å². The molecule has 0 aliphatic heterocycles. The van der Waals surface area contributed by atoms with Crippen LogP contribution in [0.25, 0.3) is 0 Å². The van der Waals surface area contributed by atoms with Crippen LogP contribution in [-0.2, 0) is 28.6 Å². The molecule has 0 spiro atoms. The van der Waals surface area contributed by atoms with E-state index < -0.39 is 6.10 Å². The summed E-state index contributed by atoms with van der Waals surface area (Å²) in [5.41, 5.74) is 0. The van der Waals surface area contributed by atoms with Gasteiger partial charge in [0.15, 0.2) is 6.10 Å². The monoisotopic (exact) mass is 1140 g/mol. The van der Waals surface area contributed by atoms with Gasteiger partial charge in [0.25, 0.3) is 0 Å². The third-order valence-electron chi connectivity index (χ3n) is 14.7. The minimum atomic E-state index is -0.797. The van der Waals surface area contributed by atoms with Gasteiger partial charge in [0, 0.05) is 19.3 Å². The summed E-state index contributed by atoms with van der Waals surface area (Å²) in [5, 5.41) is 0. The van der Waals surface area contributed by atoms with Crippen LogP contribution in [0.4, 0.5) is 0 Å². The van der Waals surface area contributed by atoms with Gasteiger partial charge in [-0.2, -0.15) is 0 Å². The van der Waals surface area contributed by atoms with E-state index in [4.69, 9.17) is 14.2 Å². The Morgan fingerprint density at radius 3 is 0.780 bits per heavy atom. The first-order chi connectivity index (χ1) is 40.5. The number of ether oxygens (including phenoxy) is 3. The Bertz CT molecular complexity index is 1690. The highest BCUT2D eigenvalue weighted by Gasteiger charge is 2.19. The van der Waals surface area contributed by atoms with Crippen molar-refractivity contribution >= 4 is 17.9 Å². The van der Waals surface area contributed by atoms with Gasteiger partial charge in [-0.3, -0.25) is 14.4 Å². The van der Waals surface area contributed by atoms with Crippen LogP contribution < -0.4 is 0 Å². The van der Waals surface area contributed by atoms with Crippen LogP contribution in [0, 0.1) is 0 Å². The zero-order valence-corrected chi connectivity index (χ0v) is 53.7. The first-order valence-electron chi connectivity index (χ1n) is 34.5. The van der Waals surface area contributed by atoms with E-state index >= 15 is 0 Å². The number of hydrogen-bond acceptors (Lipinski definition) is 6. The summed E-state index contributed by atoms with van der Waals surface area (Å²) in [4.78, 5) is 38.4. The molecule has 0 aliphatic rings. The van der Waals surface area contributed by atoms with Crippen LogP contribution in [0.5, 0.6) is 0 Å². The lowest BCUT2D eigenvalue weighted by atomic mass is 10.0. The molecule has 6 heteroatoms. The smallest absolute Gasteiger partial charge is 0.306 e. The van der Waals surface area contributed by atoms with Gasteiger partial charge in [-0.1, -0.05) is 290 Å². The lowest BCUT2D eigenvalue weighted by Crippen LogP contribution is -2.30. The summed E-state index contributed by atoms with van der Waals surface area (Å²) < 4.78 is 16.9. The predicted octanol–water partition coefficient (Wildman–Crippen LogP) is 23.9. The van der Waals surface area contributed by atoms with E-state index in [1.165, 1.54) is 154 Å². The molecule has 0 rings (SSSR count). The lowest BCUT2D eigenvalue weighted by Gasteiger charge is -2.18. The normalized spacial score (nSPS) is 12.9. The van der Waals surface area contributed by atoms with E-state index in [0.717, 1.165) is 128 Å². The third-order valence-corrected chi connectivity index (χ3v) is 14.7. The van der Waals surface area contributed by atoms with Crippen molar-refractivity contribution in [3.05, 3.63) is 122 Å². The van der Waals surface area contributed by atoms with Crippen molar-refractivity contribution in [2.24, 2.45) is 0 Å². The van der Waals surface area contributed by atoms with Gasteiger partial charge in [-0.15, -0.1) is 0 Å². The first-order valence-corrected chi connectivity index (χ1v) is 34.5. The van der Waals surface area contributed by atoms with Gasteiger partial charge in [-0.05, 0) is 135 Å². The minimum Gasteiger partial charge on any atom is -0.462 e. The van der Waals surface area contributed by atoms with E-state index in [0.29, 0.717) is 19.3 Å². The first kappa shape index (κ1) is 77.8. The van der Waals surface area contributed by atoms with Crippen LogP contribution in [0.15, 0.2) is 122 Å². The van der Waals surface area contributed by atoms with Crippen LogP contribution >= 0.6 is 0 Å². The van der Waals surface area contributed by atoms with E-state index in [-0.39, 0.29) is 31.1 Å². The largest absolute Gasteiger partial charge is 0.462 e. The quantitative estimate of drug-likeness (QED) is 0.0261. The lowest BCUT2D eigenvalue weighted by molar-refractivity contribution is -0.167. The molecule has 6 nitrogen and oxygen atoms in total. The fourth-order valence-corrected chi connectivity index (χ4v) is 9.51. The molecule has 0 bridgehead atoms. The van der Waals surface area contributed by atoms with Crippen molar-refractivity contribution in [2.45, 2.75) is 329 Å². The summed E-state index contributed by atoms with van der Waals surface area (Å²) >= 11 is 0. The van der Waals surface area contributed by atoms with Gasteiger partial charge in [-0.25, -0.2) is 0 Å². The highest BCUT2D eigenvalue weighted by atomic mass is 16.6. The van der Waals surface area contributed by atoms with Crippen LogP contribution in [-0.4, -0.2) is 37.2 Å². The van der Waals surface area contributed by atoms with E-state index in [1.807, 2.05) is 0 Å². The standard InChI is InChI=1S/C76H128O6/c1-4-7-10-13-16-19-22-25-27-29-31-33-35-36-37-38-39-40-42-43-45-47-49-51-54-57-60-63-66-69-75(78)81-72-73(71-80-74(77)68-65-62-59-56-53-24-21-18-15-12-9-6-3)82-76(79)70-67-64-61-58-55-52-50-48-46-44-41-34-32-30-28-26-23-20-17-14-11-8-5-2/h7,10,16,18-19,21,25,27,30-33,36-37,39-40,43,45,49,51,73H,4-6,8-9,11-15,17,20,22-24,26,28-29,34-35,38,41-42,44,46-48,50,52-72H2,1-3H3/b10-7-,19-16-,21-18-,27-25-,32-30-,33-31-,37-36-,40-39-,45-43-,51-49-. The summed E-state index contributed by atoms with van der Waals surface area (Å²) in [6.07, 6.45) is 96.5. The second kappa shape index (κ2) is 69.3. The number of carbonyl (C=O) groups excluding carboxylic acids is 3. The Balaban J connectivity index is 4.35. The maximum atomic E-state index is 12.9. The number of unbranched alkanes of at least 4 members (excludes halogenated alkanes) is 31. The zero-order valence-electron chi connectivity index (χ0n) is 53.7. The maximum Gasteiger partial charge on any atom is 0.306 e. The number of hydrogen-bond donors (Lipinski definition) is 0. The van der Waals surface area contributed by atoms with Gasteiger partial charge < -0.3 is 14.2 Å². The minimum absolute atomic E-state index is 0.0916. The fraction of sp³-hybridized carbons (Fsp3) is 0.697. The molecule has 1 atom stereocenters. The van der Waals surface area contributed by atoms with Gasteiger partial charge in [0.1, 0.15) is 13.2 Å². The molecule has 0 aliphatic carbocycles. The van der Waals surface area contributed by atoms with Crippen LogP contribution in [0.2, 0.25) is 0 Å². The third kappa shape index (κ3) is 66.6. The molecular weight excluding hydrogens is 1010 g/mol. The van der Waals surface area contributed by atoms with E-state index in [2.05, 4.69) is 142 Å². The van der Waals surface area contributed by atoms with Crippen molar-refractivity contribution in [3.63, 3.8) is 0 Å². The average Bonchev–Trinajstić information content (AvgIpc) is 3.47. The van der Waals surface area contributed by atoms with E-state index in [9.17, 15) is 14.4 Å². The van der Waals surface area contributed by atoms with E-state index in [1.54, 1.807) is 0 Å². The van der Waals surface area contributed by atoms with Crippen molar-refractivity contribution in [1.82, 2.24) is 0 Å². The fourth-order valence-electron chi connectivity index (χ4n) is 9.51. The molecule has 0 aromatic rings. The Hall–Kier alpha value is -4.19. The molecule has 0 saturated heterocycles. The Morgan fingerprint density at radius 2 is 0.476 bits per heavy atom. The second-order valence-electron chi connectivity index (χ2n) is 22.7. The summed E-state index contributed by atoms with van der Waals surface area (Å²) in [6, 6.07) is 0. The molecule has 82 heavy (non-hydrogen) atoms. The topological polar surface area (TPSA) is 78.9 Å². The Morgan fingerprint density at radius 1 is 0.256 bits per heavy atom. The van der Waals surface area contributed by atoms with Gasteiger partial charge in [0.2, 0.25) is 0 Å². The number of esters is 3. The molecule has 0 radical (unpaired) electrons. The number of rotatable bonds is 62. The summed E-state index contributed by atoms with van der Waals surface area (Å²) in [6.45, 7) is 6.50. The highest BCUT2D eigenvalue weighted by molar-refractivity contribution is 5.71. The molecular formula is C76H128O6. The Labute approximate surface area is 507 Å². The van der Waals surface area contributed by atoms with Crippen LogP contribution in [0.3, 0.4) is 0 Å². The zero-order chi connectivity index (χ0) is 59.2. The number of carbonyl (C=O) groups is 3. The van der Waals surface area contributed by atoms with Crippen molar-refractivity contribution in [1.29, 1.82) is 0 Å². The van der Waals surface area contributed by atoms with Gasteiger partial charge in [0.05, 0.1) is 0 Å². The molecule has 1 unspecified atom stereocenters. The predicted molar refractivity (Wildman–Crippen MR) is 357 cm³/mol. The summed E-state index contributed by atoms with van der Waals surface area (Å²) in [7, 11) is 0. The van der Waals surface area contributed by atoms with Crippen molar-refractivity contribution in [2.75, 3.05) is 13.2 Å². The SMILES string of the molecule is CC/C=C\C/C=C\C/C=C\C/C=C\C/C=C\C/C=C\C/C=C\C/C=C\CCCCCCC(=O)OCC(COC(=O)CCCCCCC/C=C\CCCCC)OC(=O)CCCCCCCCCCCCC/C=C\CCCCCCCCCC. The molecule has 0 amide bonds. The molecule has 0 heterocycles. The molecule has 0 fully saturated rings.